The third kappa shape index (κ3) is 3.34. The summed E-state index contributed by atoms with van der Waals surface area (Å²) in [5, 5.41) is 9.67. The van der Waals surface area contributed by atoms with Crippen LogP contribution in [0.3, 0.4) is 0 Å². The number of nitrogens with zero attached hydrogens (tertiary/aromatic N) is 3. The lowest BCUT2D eigenvalue weighted by Gasteiger charge is -2.29. The van der Waals surface area contributed by atoms with Gasteiger partial charge in [0, 0.05) is 13.1 Å². The average Bonchev–Trinajstić information content (AvgIpc) is 2.87. The highest BCUT2D eigenvalue weighted by molar-refractivity contribution is 5.74. The van der Waals surface area contributed by atoms with E-state index in [1.54, 1.807) is 18.3 Å². The van der Waals surface area contributed by atoms with Crippen molar-refractivity contribution in [3.05, 3.63) is 36.3 Å². The molecule has 0 aliphatic carbocycles. The largest absolute Gasteiger partial charge is 0.354 e. The van der Waals surface area contributed by atoms with Gasteiger partial charge in [-0.05, 0) is 25.0 Å². The van der Waals surface area contributed by atoms with Gasteiger partial charge in [0.2, 0.25) is 5.95 Å². The summed E-state index contributed by atoms with van der Waals surface area (Å²) in [4.78, 5) is 11.0. The van der Waals surface area contributed by atoms with Crippen LogP contribution in [0.25, 0.3) is 0 Å². The number of fused-ring (bicyclic) bond motifs is 1. The highest BCUT2D eigenvalue weighted by Crippen LogP contribution is 2.34. The van der Waals surface area contributed by atoms with Crippen LogP contribution < -0.4 is 20.9 Å². The number of para-hydroxylation sites is 1. The van der Waals surface area contributed by atoms with E-state index in [4.69, 9.17) is 0 Å². The summed E-state index contributed by atoms with van der Waals surface area (Å²) in [5.41, 5.74) is 1.29. The maximum Gasteiger partial charge on any atom is 0.224 e. The lowest BCUT2D eigenvalue weighted by molar-refractivity contribution is 0.584. The fourth-order valence-electron chi connectivity index (χ4n) is 2.71. The number of nitrogens with one attached hydrogen (secondary N) is 3. The van der Waals surface area contributed by atoms with Gasteiger partial charge in [-0.2, -0.15) is 4.98 Å². The third-order valence-corrected chi connectivity index (χ3v) is 3.71. The first-order valence-corrected chi connectivity index (χ1v) is 8.23. The van der Waals surface area contributed by atoms with E-state index in [0.717, 1.165) is 24.6 Å². The molecule has 128 valence electrons. The lowest BCUT2D eigenvalue weighted by atomic mass is 10.2. The zero-order chi connectivity index (χ0) is 17.1. The zero-order valence-electron chi connectivity index (χ0n) is 14.2. The summed E-state index contributed by atoms with van der Waals surface area (Å²) in [5.74, 6) is 1.57. The van der Waals surface area contributed by atoms with Crippen molar-refractivity contribution >= 4 is 23.1 Å². The van der Waals surface area contributed by atoms with E-state index >= 15 is 0 Å². The topological polar surface area (TPSA) is 65.1 Å². The smallest absolute Gasteiger partial charge is 0.224 e. The Kier molecular flexibility index (Phi) is 4.69. The number of anilines is 4. The van der Waals surface area contributed by atoms with Gasteiger partial charge < -0.3 is 20.9 Å². The van der Waals surface area contributed by atoms with E-state index < -0.39 is 0 Å². The summed E-state index contributed by atoms with van der Waals surface area (Å²) in [6.45, 7) is 7.83. The lowest BCUT2D eigenvalue weighted by Crippen LogP contribution is -2.44. The average molecular weight is 330 g/mol. The number of rotatable bonds is 6. The Morgan fingerprint density at radius 2 is 2.12 bits per heavy atom. The van der Waals surface area contributed by atoms with E-state index in [-0.39, 0.29) is 12.1 Å². The van der Waals surface area contributed by atoms with Crippen molar-refractivity contribution in [1.82, 2.24) is 9.97 Å². The Hall–Kier alpha value is -2.57. The number of hydrogen-bond donors (Lipinski definition) is 3. The van der Waals surface area contributed by atoms with Crippen molar-refractivity contribution in [1.29, 1.82) is 0 Å². The first kappa shape index (κ1) is 16.3. The summed E-state index contributed by atoms with van der Waals surface area (Å²) in [6.07, 6.45) is 1.49. The molecule has 0 saturated carbocycles. The van der Waals surface area contributed by atoms with E-state index in [2.05, 4.69) is 44.7 Å². The Labute approximate surface area is 141 Å². The van der Waals surface area contributed by atoms with Crippen LogP contribution in [0.2, 0.25) is 0 Å². The quantitative estimate of drug-likeness (QED) is 0.755. The minimum absolute atomic E-state index is 0.273. The molecule has 0 amide bonds. The molecule has 3 rings (SSSR count). The molecule has 7 heteroatoms. The molecule has 0 saturated heterocycles. The number of hydrogen-bond acceptors (Lipinski definition) is 6. The Balaban J connectivity index is 1.88. The van der Waals surface area contributed by atoms with Crippen LogP contribution in [0.5, 0.6) is 0 Å². The van der Waals surface area contributed by atoms with Gasteiger partial charge in [0.05, 0.1) is 17.6 Å². The highest BCUT2D eigenvalue weighted by atomic mass is 19.1. The fraction of sp³-hybridized carbons (Fsp3) is 0.412. The molecule has 2 aromatic rings. The molecular formula is C17H23FN6. The van der Waals surface area contributed by atoms with Crippen molar-refractivity contribution < 1.29 is 4.39 Å². The molecule has 0 bridgehead atoms. The van der Waals surface area contributed by atoms with Crippen LogP contribution in [0, 0.1) is 11.7 Å². The van der Waals surface area contributed by atoms with Gasteiger partial charge in [0.25, 0.3) is 0 Å². The number of benzene rings is 1. The second-order valence-corrected chi connectivity index (χ2v) is 6.18. The molecule has 1 atom stereocenters. The molecule has 1 aliphatic rings. The van der Waals surface area contributed by atoms with Gasteiger partial charge in [0.15, 0.2) is 12.1 Å². The summed E-state index contributed by atoms with van der Waals surface area (Å²) >= 11 is 0. The standard InChI is InChI=1S/C17H23FN6/c1-4-19-16-20-9-14-15(23-16)24(10-11(2)3)17(22-14)21-13-8-6-5-7-12(13)18/h5-9,11,17,21-22H,4,10H2,1-3H3,(H,19,20,23). The van der Waals surface area contributed by atoms with Gasteiger partial charge in [-0.3, -0.25) is 0 Å². The van der Waals surface area contributed by atoms with Gasteiger partial charge in [-0.15, -0.1) is 0 Å². The monoisotopic (exact) mass is 330 g/mol. The molecule has 2 heterocycles. The minimum atomic E-state index is -0.279. The second-order valence-electron chi connectivity index (χ2n) is 6.18. The Morgan fingerprint density at radius 3 is 2.83 bits per heavy atom. The molecular weight excluding hydrogens is 307 g/mol. The van der Waals surface area contributed by atoms with Crippen molar-refractivity contribution in [3.8, 4) is 0 Å². The summed E-state index contributed by atoms with van der Waals surface area (Å²) in [7, 11) is 0. The van der Waals surface area contributed by atoms with Crippen LogP contribution in [-0.2, 0) is 0 Å². The van der Waals surface area contributed by atoms with Crippen molar-refractivity contribution in [3.63, 3.8) is 0 Å². The molecule has 0 spiro atoms. The maximum absolute atomic E-state index is 14.0. The molecule has 3 N–H and O–H groups in total. The van der Waals surface area contributed by atoms with E-state index in [0.29, 0.717) is 17.6 Å². The first-order valence-electron chi connectivity index (χ1n) is 8.23. The molecule has 6 nitrogen and oxygen atoms in total. The van der Waals surface area contributed by atoms with Gasteiger partial charge >= 0.3 is 0 Å². The predicted molar refractivity (Wildman–Crippen MR) is 95.8 cm³/mol. The van der Waals surface area contributed by atoms with Crippen molar-refractivity contribution in [2.45, 2.75) is 27.1 Å². The maximum atomic E-state index is 14.0. The Morgan fingerprint density at radius 1 is 1.33 bits per heavy atom. The number of halogens is 1. The molecule has 1 unspecified atom stereocenters. The van der Waals surface area contributed by atoms with Gasteiger partial charge in [-0.25, -0.2) is 9.37 Å². The van der Waals surface area contributed by atoms with E-state index in [9.17, 15) is 4.39 Å². The third-order valence-electron chi connectivity index (χ3n) is 3.71. The molecule has 1 aliphatic heterocycles. The molecule has 1 aromatic carbocycles. The second kappa shape index (κ2) is 6.90. The fourth-order valence-corrected chi connectivity index (χ4v) is 2.71. The predicted octanol–water partition coefficient (Wildman–Crippen LogP) is 3.33. The first-order chi connectivity index (χ1) is 11.6. The summed E-state index contributed by atoms with van der Waals surface area (Å²) < 4.78 is 14.0. The summed E-state index contributed by atoms with van der Waals surface area (Å²) in [6, 6.07) is 6.66. The SMILES string of the molecule is CCNc1ncc2c(n1)N(CC(C)C)C(Nc1ccccc1F)N2. The van der Waals surface area contributed by atoms with Crippen molar-refractivity contribution in [2.24, 2.45) is 5.92 Å². The van der Waals surface area contributed by atoms with Gasteiger partial charge in [-0.1, -0.05) is 26.0 Å². The molecule has 0 fully saturated rings. The van der Waals surface area contributed by atoms with Crippen LogP contribution in [0.15, 0.2) is 30.5 Å². The molecule has 24 heavy (non-hydrogen) atoms. The van der Waals surface area contributed by atoms with Gasteiger partial charge in [0.1, 0.15) is 5.82 Å². The van der Waals surface area contributed by atoms with Crippen LogP contribution >= 0.6 is 0 Å². The zero-order valence-corrected chi connectivity index (χ0v) is 14.2. The van der Waals surface area contributed by atoms with Crippen molar-refractivity contribution in [2.75, 3.05) is 33.9 Å². The van der Waals surface area contributed by atoms with Crippen LogP contribution in [0.1, 0.15) is 20.8 Å². The van der Waals surface area contributed by atoms with E-state index in [1.165, 1.54) is 6.07 Å². The van der Waals surface area contributed by atoms with Crippen LogP contribution in [-0.4, -0.2) is 29.3 Å². The van der Waals surface area contributed by atoms with Crippen LogP contribution in [0.4, 0.5) is 27.5 Å². The minimum Gasteiger partial charge on any atom is -0.354 e. The van der Waals surface area contributed by atoms with E-state index in [1.807, 2.05) is 13.0 Å². The molecule has 0 radical (unpaired) electrons. The highest BCUT2D eigenvalue weighted by Gasteiger charge is 2.31. The molecule has 1 aromatic heterocycles. The Bertz CT molecular complexity index is 705. The number of aromatic nitrogens is 2. The normalized spacial score (nSPS) is 16.0.